The van der Waals surface area contributed by atoms with Gasteiger partial charge in [0.25, 0.3) is 0 Å². The predicted molar refractivity (Wildman–Crippen MR) is 59.2 cm³/mol. The molecule has 78 valence electrons. The van der Waals surface area contributed by atoms with Crippen molar-refractivity contribution in [3.8, 4) is 11.3 Å². The fraction of sp³-hybridized carbons (Fsp3) is 0.100. The molecule has 1 heterocycles. The van der Waals surface area contributed by atoms with Crippen LogP contribution in [0.15, 0.2) is 33.5 Å². The standard InChI is InChI=1S/C10H6BrClFNO/c11-8-2-1-6(13)3-7(8)10-9(4-12)14-5-15-10/h1-3,5H,4H2. The summed E-state index contributed by atoms with van der Waals surface area (Å²) in [5, 5.41) is 0. The fourth-order valence-corrected chi connectivity index (χ4v) is 1.87. The van der Waals surface area contributed by atoms with E-state index >= 15 is 0 Å². The van der Waals surface area contributed by atoms with Gasteiger partial charge in [-0.15, -0.1) is 11.6 Å². The Morgan fingerprint density at radius 3 is 3.00 bits per heavy atom. The summed E-state index contributed by atoms with van der Waals surface area (Å²) in [4.78, 5) is 3.94. The van der Waals surface area contributed by atoms with Gasteiger partial charge in [0.15, 0.2) is 12.2 Å². The van der Waals surface area contributed by atoms with E-state index < -0.39 is 0 Å². The van der Waals surface area contributed by atoms with Crippen molar-refractivity contribution in [3.63, 3.8) is 0 Å². The highest BCUT2D eigenvalue weighted by atomic mass is 79.9. The highest BCUT2D eigenvalue weighted by Crippen LogP contribution is 2.31. The van der Waals surface area contributed by atoms with Crippen LogP contribution in [-0.4, -0.2) is 4.98 Å². The SMILES string of the molecule is Fc1ccc(Br)c(-c2ocnc2CCl)c1. The first kappa shape index (κ1) is 10.6. The molecule has 0 fully saturated rings. The zero-order chi connectivity index (χ0) is 10.8. The first-order valence-corrected chi connectivity index (χ1v) is 5.49. The predicted octanol–water partition coefficient (Wildman–Crippen LogP) is 3.98. The van der Waals surface area contributed by atoms with Crippen molar-refractivity contribution in [3.05, 3.63) is 40.6 Å². The Bertz CT molecular complexity index is 486. The Morgan fingerprint density at radius 2 is 2.27 bits per heavy atom. The highest BCUT2D eigenvalue weighted by molar-refractivity contribution is 9.10. The average molecular weight is 291 g/mol. The van der Waals surface area contributed by atoms with Crippen LogP contribution >= 0.6 is 27.5 Å². The van der Waals surface area contributed by atoms with Crippen molar-refractivity contribution in [2.24, 2.45) is 0 Å². The number of hydrogen-bond acceptors (Lipinski definition) is 2. The molecule has 2 aromatic rings. The van der Waals surface area contributed by atoms with Gasteiger partial charge in [-0.25, -0.2) is 9.37 Å². The second-order valence-electron chi connectivity index (χ2n) is 2.89. The van der Waals surface area contributed by atoms with Gasteiger partial charge < -0.3 is 4.42 Å². The second-order valence-corrected chi connectivity index (χ2v) is 4.01. The van der Waals surface area contributed by atoms with E-state index in [0.717, 1.165) is 4.47 Å². The van der Waals surface area contributed by atoms with E-state index in [1.165, 1.54) is 18.5 Å². The summed E-state index contributed by atoms with van der Waals surface area (Å²) >= 11 is 9.00. The molecule has 0 spiro atoms. The minimum atomic E-state index is -0.329. The topological polar surface area (TPSA) is 26.0 Å². The molecule has 0 saturated carbocycles. The number of nitrogens with zero attached hydrogens (tertiary/aromatic N) is 1. The summed E-state index contributed by atoms with van der Waals surface area (Å²) < 4.78 is 19.0. The smallest absolute Gasteiger partial charge is 0.181 e. The number of hydrogen-bond donors (Lipinski definition) is 0. The molecule has 0 amide bonds. The van der Waals surface area contributed by atoms with E-state index in [0.29, 0.717) is 17.0 Å². The van der Waals surface area contributed by atoms with Gasteiger partial charge in [-0.2, -0.15) is 0 Å². The zero-order valence-electron chi connectivity index (χ0n) is 7.51. The Balaban J connectivity index is 2.58. The first-order chi connectivity index (χ1) is 7.22. The minimum absolute atomic E-state index is 0.231. The second kappa shape index (κ2) is 4.33. The summed E-state index contributed by atoms with van der Waals surface area (Å²) in [5.41, 5.74) is 1.21. The van der Waals surface area contributed by atoms with Gasteiger partial charge in [-0.3, -0.25) is 0 Å². The third-order valence-electron chi connectivity index (χ3n) is 1.94. The van der Waals surface area contributed by atoms with Crippen molar-refractivity contribution >= 4 is 27.5 Å². The lowest BCUT2D eigenvalue weighted by molar-refractivity contribution is 0.569. The fourth-order valence-electron chi connectivity index (χ4n) is 1.25. The number of alkyl halides is 1. The number of benzene rings is 1. The zero-order valence-corrected chi connectivity index (χ0v) is 9.85. The Morgan fingerprint density at radius 1 is 1.47 bits per heavy atom. The molecule has 1 aromatic heterocycles. The van der Waals surface area contributed by atoms with Gasteiger partial charge in [-0.05, 0) is 18.2 Å². The molecule has 1 aromatic carbocycles. The quantitative estimate of drug-likeness (QED) is 0.782. The van der Waals surface area contributed by atoms with Crippen LogP contribution in [0.1, 0.15) is 5.69 Å². The van der Waals surface area contributed by atoms with Gasteiger partial charge in [0, 0.05) is 10.0 Å². The first-order valence-electron chi connectivity index (χ1n) is 4.16. The van der Waals surface area contributed by atoms with Crippen molar-refractivity contribution in [1.82, 2.24) is 4.98 Å². The van der Waals surface area contributed by atoms with Gasteiger partial charge in [0.2, 0.25) is 0 Å². The molecule has 0 aliphatic heterocycles. The monoisotopic (exact) mass is 289 g/mol. The highest BCUT2D eigenvalue weighted by Gasteiger charge is 2.13. The van der Waals surface area contributed by atoms with Crippen LogP contribution in [-0.2, 0) is 5.88 Å². The van der Waals surface area contributed by atoms with Gasteiger partial charge in [-0.1, -0.05) is 15.9 Å². The lowest BCUT2D eigenvalue weighted by Gasteiger charge is -2.02. The third kappa shape index (κ3) is 2.06. The average Bonchev–Trinajstić information content (AvgIpc) is 2.69. The number of oxazole rings is 1. The van der Waals surface area contributed by atoms with Crippen LogP contribution < -0.4 is 0 Å². The van der Waals surface area contributed by atoms with Gasteiger partial charge >= 0.3 is 0 Å². The maximum Gasteiger partial charge on any atom is 0.181 e. The molecule has 0 aliphatic rings. The normalized spacial score (nSPS) is 10.6. The summed E-state index contributed by atoms with van der Waals surface area (Å²) in [6.45, 7) is 0. The summed E-state index contributed by atoms with van der Waals surface area (Å²) in [5.74, 6) is 0.399. The molecule has 0 aliphatic carbocycles. The van der Waals surface area contributed by atoms with E-state index in [1.54, 1.807) is 6.07 Å². The number of rotatable bonds is 2. The van der Waals surface area contributed by atoms with Crippen LogP contribution in [0.4, 0.5) is 4.39 Å². The van der Waals surface area contributed by atoms with Crippen LogP contribution in [0.25, 0.3) is 11.3 Å². The van der Waals surface area contributed by atoms with Crippen LogP contribution in [0, 0.1) is 5.82 Å². The maximum absolute atomic E-state index is 13.1. The molecule has 0 atom stereocenters. The van der Waals surface area contributed by atoms with E-state index in [-0.39, 0.29) is 11.7 Å². The Kier molecular flexibility index (Phi) is 3.07. The molecule has 5 heteroatoms. The lowest BCUT2D eigenvalue weighted by Crippen LogP contribution is -1.85. The summed E-state index contributed by atoms with van der Waals surface area (Å²) in [6.07, 6.45) is 1.30. The Hall–Kier alpha value is -0.870. The van der Waals surface area contributed by atoms with Crippen molar-refractivity contribution < 1.29 is 8.81 Å². The summed E-state index contributed by atoms with van der Waals surface area (Å²) in [7, 11) is 0. The van der Waals surface area contributed by atoms with Crippen molar-refractivity contribution in [2.45, 2.75) is 5.88 Å². The largest absolute Gasteiger partial charge is 0.443 e. The van der Waals surface area contributed by atoms with Crippen molar-refractivity contribution in [2.75, 3.05) is 0 Å². The minimum Gasteiger partial charge on any atom is -0.443 e. The molecule has 0 N–H and O–H groups in total. The molecule has 0 radical (unpaired) electrons. The molecular weight excluding hydrogens is 284 g/mol. The van der Waals surface area contributed by atoms with E-state index in [4.69, 9.17) is 16.0 Å². The van der Waals surface area contributed by atoms with E-state index in [1.807, 2.05) is 0 Å². The van der Waals surface area contributed by atoms with Crippen LogP contribution in [0.2, 0.25) is 0 Å². The van der Waals surface area contributed by atoms with E-state index in [9.17, 15) is 4.39 Å². The maximum atomic E-state index is 13.1. The molecule has 15 heavy (non-hydrogen) atoms. The van der Waals surface area contributed by atoms with Crippen LogP contribution in [0.5, 0.6) is 0 Å². The van der Waals surface area contributed by atoms with Crippen molar-refractivity contribution in [1.29, 1.82) is 0 Å². The molecule has 0 saturated heterocycles. The molecule has 0 bridgehead atoms. The lowest BCUT2D eigenvalue weighted by atomic mass is 10.1. The van der Waals surface area contributed by atoms with Gasteiger partial charge in [0.05, 0.1) is 5.88 Å². The molecule has 0 unspecified atom stereocenters. The van der Waals surface area contributed by atoms with Gasteiger partial charge in [0.1, 0.15) is 11.5 Å². The Labute approximate surface area is 99.2 Å². The third-order valence-corrected chi connectivity index (χ3v) is 2.89. The molecule has 2 nitrogen and oxygen atoms in total. The molecule has 2 rings (SSSR count). The summed E-state index contributed by atoms with van der Waals surface area (Å²) in [6, 6.07) is 4.36. The molecular formula is C10H6BrClFNO. The number of aromatic nitrogens is 1. The number of halogens is 3. The van der Waals surface area contributed by atoms with Crippen LogP contribution in [0.3, 0.4) is 0 Å². The van der Waals surface area contributed by atoms with E-state index in [2.05, 4.69) is 20.9 Å².